The van der Waals surface area contributed by atoms with Gasteiger partial charge in [0.05, 0.1) is 16.0 Å². The second-order valence-corrected chi connectivity index (χ2v) is 5.97. The van der Waals surface area contributed by atoms with Crippen molar-refractivity contribution in [1.29, 1.82) is 0 Å². The Morgan fingerprint density at radius 2 is 1.80 bits per heavy atom. The Morgan fingerprint density at radius 3 is 2.25 bits per heavy atom. The number of nitrogens with zero attached hydrogens (tertiary/aromatic N) is 1. The predicted octanol–water partition coefficient (Wildman–Crippen LogP) is 3.42. The van der Waals surface area contributed by atoms with E-state index in [2.05, 4.69) is 0 Å². The van der Waals surface area contributed by atoms with Gasteiger partial charge in [0.25, 0.3) is 0 Å². The summed E-state index contributed by atoms with van der Waals surface area (Å²) in [4.78, 5) is 24.8. The second kappa shape index (κ2) is 6.02. The molecule has 0 fully saturated rings. The van der Waals surface area contributed by atoms with Crippen molar-refractivity contribution >= 4 is 35.1 Å². The summed E-state index contributed by atoms with van der Waals surface area (Å²) in [6, 6.07) is 4.94. The fourth-order valence-corrected chi connectivity index (χ4v) is 1.94. The first-order chi connectivity index (χ1) is 9.09. The van der Waals surface area contributed by atoms with Gasteiger partial charge in [-0.1, -0.05) is 29.3 Å². The number of rotatable bonds is 4. The van der Waals surface area contributed by atoms with E-state index in [9.17, 15) is 9.59 Å². The van der Waals surface area contributed by atoms with E-state index in [1.807, 2.05) is 0 Å². The first-order valence-electron chi connectivity index (χ1n) is 6.05. The zero-order valence-corrected chi connectivity index (χ0v) is 13.3. The zero-order chi connectivity index (χ0) is 15.7. The van der Waals surface area contributed by atoms with Crippen LogP contribution in [-0.2, 0) is 9.59 Å². The number of carboxylic acids is 1. The Morgan fingerprint density at radius 1 is 1.25 bits per heavy atom. The van der Waals surface area contributed by atoms with Gasteiger partial charge in [0.1, 0.15) is 5.54 Å². The minimum absolute atomic E-state index is 0.296. The maximum atomic E-state index is 12.4. The normalized spacial score (nSPS) is 12.9. The number of benzene rings is 1. The van der Waals surface area contributed by atoms with Crippen molar-refractivity contribution in [3.05, 3.63) is 33.8 Å². The van der Waals surface area contributed by atoms with Crippen LogP contribution in [0.3, 0.4) is 0 Å². The molecule has 110 valence electrons. The van der Waals surface area contributed by atoms with Gasteiger partial charge in [-0.3, -0.25) is 4.79 Å². The van der Waals surface area contributed by atoms with E-state index in [1.54, 1.807) is 25.1 Å². The van der Waals surface area contributed by atoms with Crippen LogP contribution < -0.4 is 0 Å². The Bertz CT molecular complexity index is 543. The molecular formula is C14H17Cl2NO3. The van der Waals surface area contributed by atoms with Gasteiger partial charge < -0.3 is 10.0 Å². The van der Waals surface area contributed by atoms with Crippen LogP contribution in [0.25, 0.3) is 0 Å². The summed E-state index contributed by atoms with van der Waals surface area (Å²) < 4.78 is 0. The summed E-state index contributed by atoms with van der Waals surface area (Å²) >= 11 is 11.8. The lowest BCUT2D eigenvalue weighted by Gasteiger charge is -2.33. The lowest BCUT2D eigenvalue weighted by atomic mass is 9.96. The number of hydrogen-bond acceptors (Lipinski definition) is 2. The highest BCUT2D eigenvalue weighted by molar-refractivity contribution is 6.42. The van der Waals surface area contributed by atoms with E-state index in [0.29, 0.717) is 15.6 Å². The van der Waals surface area contributed by atoms with E-state index >= 15 is 0 Å². The molecule has 0 bridgehead atoms. The van der Waals surface area contributed by atoms with Crippen LogP contribution in [0.15, 0.2) is 18.2 Å². The van der Waals surface area contributed by atoms with Crippen LogP contribution >= 0.6 is 23.2 Å². The van der Waals surface area contributed by atoms with Gasteiger partial charge in [0.15, 0.2) is 0 Å². The Labute approximate surface area is 128 Å². The van der Waals surface area contributed by atoms with Crippen molar-refractivity contribution in [3.8, 4) is 0 Å². The predicted molar refractivity (Wildman–Crippen MR) is 79.4 cm³/mol. The SMILES string of the molecule is CC(C(=O)N(C)C(C)(C)C(=O)O)c1ccc(Cl)c(Cl)c1. The molecule has 0 heterocycles. The van der Waals surface area contributed by atoms with Gasteiger partial charge in [0.2, 0.25) is 5.91 Å². The summed E-state index contributed by atoms with van der Waals surface area (Å²) in [5.41, 5.74) is -0.584. The molecule has 1 unspecified atom stereocenters. The number of likely N-dealkylation sites (N-methyl/N-ethyl adjacent to an activating group) is 1. The Kier molecular flexibility index (Phi) is 5.05. The van der Waals surface area contributed by atoms with Crippen molar-refractivity contribution < 1.29 is 14.7 Å². The third kappa shape index (κ3) is 3.25. The summed E-state index contributed by atoms with van der Waals surface area (Å²) in [5, 5.41) is 9.94. The summed E-state index contributed by atoms with van der Waals surface area (Å²) in [6.45, 7) is 4.67. The third-order valence-corrected chi connectivity index (χ3v) is 4.25. The molecule has 1 rings (SSSR count). The van der Waals surface area contributed by atoms with Gasteiger partial charge in [-0.05, 0) is 38.5 Å². The molecule has 0 spiro atoms. The molecule has 1 aromatic rings. The molecule has 0 aromatic heterocycles. The minimum Gasteiger partial charge on any atom is -0.480 e. The minimum atomic E-state index is -1.28. The van der Waals surface area contributed by atoms with Crippen LogP contribution in [0, 0.1) is 0 Å². The van der Waals surface area contributed by atoms with Crippen LogP contribution in [0.2, 0.25) is 10.0 Å². The quantitative estimate of drug-likeness (QED) is 0.925. The lowest BCUT2D eigenvalue weighted by Crippen LogP contribution is -2.51. The highest BCUT2D eigenvalue weighted by atomic mass is 35.5. The average molecular weight is 318 g/mol. The monoisotopic (exact) mass is 317 g/mol. The van der Waals surface area contributed by atoms with Crippen molar-refractivity contribution in [2.75, 3.05) is 7.05 Å². The standard InChI is InChI=1S/C14H17Cl2NO3/c1-8(9-5-6-10(15)11(16)7-9)12(18)17(4)14(2,3)13(19)20/h5-8H,1-4H3,(H,19,20). The van der Waals surface area contributed by atoms with Crippen molar-refractivity contribution in [1.82, 2.24) is 4.90 Å². The Balaban J connectivity index is 3.02. The fraction of sp³-hybridized carbons (Fsp3) is 0.429. The molecule has 20 heavy (non-hydrogen) atoms. The van der Waals surface area contributed by atoms with Crippen molar-refractivity contribution in [2.45, 2.75) is 32.2 Å². The van der Waals surface area contributed by atoms with Gasteiger partial charge in [-0.2, -0.15) is 0 Å². The molecule has 0 aliphatic rings. The number of amides is 1. The van der Waals surface area contributed by atoms with Crippen molar-refractivity contribution in [2.24, 2.45) is 0 Å². The van der Waals surface area contributed by atoms with Gasteiger partial charge in [0, 0.05) is 7.05 Å². The first-order valence-corrected chi connectivity index (χ1v) is 6.80. The molecule has 1 atom stereocenters. The van der Waals surface area contributed by atoms with Gasteiger partial charge in [-0.15, -0.1) is 0 Å². The average Bonchev–Trinajstić information content (AvgIpc) is 2.39. The number of hydrogen-bond donors (Lipinski definition) is 1. The number of aliphatic carboxylic acids is 1. The van der Waals surface area contributed by atoms with E-state index in [-0.39, 0.29) is 5.91 Å². The topological polar surface area (TPSA) is 57.6 Å². The molecule has 4 nitrogen and oxygen atoms in total. The summed E-state index contributed by atoms with van der Waals surface area (Å²) in [5.74, 6) is -1.86. The Hall–Kier alpha value is -1.26. The molecule has 1 aromatic carbocycles. The first kappa shape index (κ1) is 16.8. The molecular weight excluding hydrogens is 301 g/mol. The third-order valence-electron chi connectivity index (χ3n) is 3.51. The second-order valence-electron chi connectivity index (χ2n) is 5.16. The van der Waals surface area contributed by atoms with E-state index in [0.717, 1.165) is 0 Å². The van der Waals surface area contributed by atoms with E-state index in [4.69, 9.17) is 28.3 Å². The van der Waals surface area contributed by atoms with Crippen LogP contribution in [0.1, 0.15) is 32.3 Å². The maximum Gasteiger partial charge on any atom is 0.329 e. The van der Waals surface area contributed by atoms with Gasteiger partial charge >= 0.3 is 5.97 Å². The van der Waals surface area contributed by atoms with Crippen molar-refractivity contribution in [3.63, 3.8) is 0 Å². The summed E-state index contributed by atoms with van der Waals surface area (Å²) in [6.07, 6.45) is 0. The number of carbonyl (C=O) groups excluding carboxylic acids is 1. The molecule has 0 aliphatic heterocycles. The molecule has 0 saturated carbocycles. The van der Waals surface area contributed by atoms with Crippen LogP contribution in [-0.4, -0.2) is 34.5 Å². The fourth-order valence-electron chi connectivity index (χ4n) is 1.63. The number of carbonyl (C=O) groups is 2. The smallest absolute Gasteiger partial charge is 0.329 e. The van der Waals surface area contributed by atoms with Gasteiger partial charge in [-0.25, -0.2) is 4.79 Å². The highest BCUT2D eigenvalue weighted by Gasteiger charge is 2.37. The largest absolute Gasteiger partial charge is 0.480 e. The summed E-state index contributed by atoms with van der Waals surface area (Å²) in [7, 11) is 1.48. The molecule has 1 amide bonds. The zero-order valence-electron chi connectivity index (χ0n) is 11.8. The molecule has 6 heteroatoms. The molecule has 1 N–H and O–H groups in total. The lowest BCUT2D eigenvalue weighted by molar-refractivity contribution is -0.155. The molecule has 0 aliphatic carbocycles. The van der Waals surface area contributed by atoms with E-state index in [1.165, 1.54) is 25.8 Å². The molecule has 0 saturated heterocycles. The number of carboxylic acid groups (broad SMARTS) is 1. The molecule has 0 radical (unpaired) electrons. The van der Waals surface area contributed by atoms with Crippen LogP contribution in [0.4, 0.5) is 0 Å². The van der Waals surface area contributed by atoms with Crippen LogP contribution in [0.5, 0.6) is 0 Å². The van der Waals surface area contributed by atoms with E-state index < -0.39 is 17.4 Å². The number of halogens is 2. The maximum absolute atomic E-state index is 12.4. The highest BCUT2D eigenvalue weighted by Crippen LogP contribution is 2.28.